The zero-order valence-corrected chi connectivity index (χ0v) is 11.9. The first-order valence-electron chi connectivity index (χ1n) is 6.44. The van der Waals surface area contributed by atoms with Crippen LogP contribution in [0, 0.1) is 0 Å². The van der Waals surface area contributed by atoms with Crippen molar-refractivity contribution in [1.29, 1.82) is 0 Å². The molecule has 5 heteroatoms. The van der Waals surface area contributed by atoms with Crippen LogP contribution in [-0.2, 0) is 7.05 Å². The van der Waals surface area contributed by atoms with E-state index in [-0.39, 0.29) is 12.5 Å². The number of benzene rings is 1. The Bertz CT molecular complexity index is 617. The summed E-state index contributed by atoms with van der Waals surface area (Å²) >= 11 is 0. The molecule has 106 valence electrons. The van der Waals surface area contributed by atoms with Crippen molar-refractivity contribution < 1.29 is 9.90 Å². The van der Waals surface area contributed by atoms with Crippen LogP contribution in [0.2, 0.25) is 0 Å². The van der Waals surface area contributed by atoms with Crippen molar-refractivity contribution in [2.45, 2.75) is 19.4 Å². The van der Waals surface area contributed by atoms with Crippen molar-refractivity contribution >= 4 is 5.91 Å². The molecule has 0 aliphatic carbocycles. The third kappa shape index (κ3) is 3.05. The Balaban J connectivity index is 2.27. The Labute approximate surface area is 118 Å². The summed E-state index contributed by atoms with van der Waals surface area (Å²) in [6, 6.07) is 7.28. The number of amides is 1. The molecule has 2 aromatic rings. The van der Waals surface area contributed by atoms with Crippen LogP contribution >= 0.6 is 0 Å². The molecule has 1 amide bonds. The zero-order chi connectivity index (χ0) is 14.8. The predicted octanol–water partition coefficient (Wildman–Crippen LogP) is 1.59. The van der Waals surface area contributed by atoms with Crippen molar-refractivity contribution in [2.24, 2.45) is 7.05 Å². The molecule has 5 nitrogen and oxygen atoms in total. The van der Waals surface area contributed by atoms with Crippen LogP contribution in [0.25, 0.3) is 11.4 Å². The standard InChI is InChI=1S/C15H19N3O2/c1-15(2,10-19)17-14(20)12-6-4-5-11(9-12)13-16-7-8-18(13)3/h4-9,19H,10H2,1-3H3,(H,17,20). The van der Waals surface area contributed by atoms with Crippen molar-refractivity contribution in [3.63, 3.8) is 0 Å². The number of hydrogen-bond donors (Lipinski definition) is 2. The lowest BCUT2D eigenvalue weighted by Gasteiger charge is -2.23. The summed E-state index contributed by atoms with van der Waals surface area (Å²) in [5.41, 5.74) is 0.787. The predicted molar refractivity (Wildman–Crippen MR) is 77.3 cm³/mol. The molecule has 0 saturated heterocycles. The van der Waals surface area contributed by atoms with Crippen molar-refractivity contribution in [3.05, 3.63) is 42.2 Å². The maximum atomic E-state index is 12.2. The fraction of sp³-hybridized carbons (Fsp3) is 0.333. The molecule has 0 atom stereocenters. The fourth-order valence-corrected chi connectivity index (χ4v) is 1.86. The van der Waals surface area contributed by atoms with Gasteiger partial charge in [-0.15, -0.1) is 0 Å². The lowest BCUT2D eigenvalue weighted by atomic mass is 10.0. The van der Waals surface area contributed by atoms with Gasteiger partial charge in [0.1, 0.15) is 5.82 Å². The Morgan fingerprint density at radius 1 is 1.45 bits per heavy atom. The second-order valence-corrected chi connectivity index (χ2v) is 5.44. The van der Waals surface area contributed by atoms with E-state index in [1.165, 1.54) is 0 Å². The molecule has 0 radical (unpaired) electrons. The second-order valence-electron chi connectivity index (χ2n) is 5.44. The van der Waals surface area contributed by atoms with Gasteiger partial charge in [-0.25, -0.2) is 4.98 Å². The van der Waals surface area contributed by atoms with Crippen molar-refractivity contribution in [1.82, 2.24) is 14.9 Å². The summed E-state index contributed by atoms with van der Waals surface area (Å²) in [4.78, 5) is 16.4. The van der Waals surface area contributed by atoms with Gasteiger partial charge in [0.15, 0.2) is 0 Å². The van der Waals surface area contributed by atoms with E-state index in [4.69, 9.17) is 0 Å². The maximum absolute atomic E-state index is 12.2. The SMILES string of the molecule is Cn1ccnc1-c1cccc(C(=O)NC(C)(C)CO)c1. The highest BCUT2D eigenvalue weighted by atomic mass is 16.3. The smallest absolute Gasteiger partial charge is 0.251 e. The minimum Gasteiger partial charge on any atom is -0.394 e. The van der Waals surface area contributed by atoms with Crippen LogP contribution in [0.5, 0.6) is 0 Å². The van der Waals surface area contributed by atoms with Gasteiger partial charge in [0.25, 0.3) is 5.91 Å². The molecule has 1 heterocycles. The normalized spacial score (nSPS) is 11.4. The molecule has 20 heavy (non-hydrogen) atoms. The molecule has 0 saturated carbocycles. The van der Waals surface area contributed by atoms with Crippen molar-refractivity contribution in [2.75, 3.05) is 6.61 Å². The number of nitrogens with one attached hydrogen (secondary N) is 1. The van der Waals surface area contributed by atoms with Gasteiger partial charge in [0.2, 0.25) is 0 Å². The van der Waals surface area contributed by atoms with Gasteiger partial charge in [-0.05, 0) is 26.0 Å². The molecular formula is C15H19N3O2. The van der Waals surface area contributed by atoms with Gasteiger partial charge < -0.3 is 15.0 Å². The number of aliphatic hydroxyl groups excluding tert-OH is 1. The van der Waals surface area contributed by atoms with Gasteiger partial charge in [-0.1, -0.05) is 12.1 Å². The summed E-state index contributed by atoms with van der Waals surface area (Å²) in [7, 11) is 1.91. The van der Waals surface area contributed by atoms with Gasteiger partial charge in [0, 0.05) is 30.6 Å². The Morgan fingerprint density at radius 3 is 2.80 bits per heavy atom. The first-order valence-corrected chi connectivity index (χ1v) is 6.44. The quantitative estimate of drug-likeness (QED) is 0.889. The molecule has 0 unspecified atom stereocenters. The maximum Gasteiger partial charge on any atom is 0.251 e. The number of hydrogen-bond acceptors (Lipinski definition) is 3. The summed E-state index contributed by atoms with van der Waals surface area (Å²) in [6.45, 7) is 3.43. The highest BCUT2D eigenvalue weighted by Gasteiger charge is 2.20. The molecular weight excluding hydrogens is 254 g/mol. The minimum absolute atomic E-state index is 0.113. The van der Waals surface area contributed by atoms with Gasteiger partial charge >= 0.3 is 0 Å². The zero-order valence-electron chi connectivity index (χ0n) is 11.9. The molecule has 1 aromatic heterocycles. The topological polar surface area (TPSA) is 67.2 Å². The van der Waals surface area contributed by atoms with E-state index in [2.05, 4.69) is 10.3 Å². The largest absolute Gasteiger partial charge is 0.394 e. The van der Waals surface area contributed by atoms with Crippen LogP contribution in [0.1, 0.15) is 24.2 Å². The lowest BCUT2D eigenvalue weighted by Crippen LogP contribution is -2.46. The average Bonchev–Trinajstić information content (AvgIpc) is 2.85. The Kier molecular flexibility index (Phi) is 3.90. The summed E-state index contributed by atoms with van der Waals surface area (Å²) in [5.74, 6) is 0.598. The number of rotatable bonds is 4. The van der Waals surface area contributed by atoms with Gasteiger partial charge in [0.05, 0.1) is 12.1 Å². The molecule has 0 bridgehead atoms. The summed E-state index contributed by atoms with van der Waals surface area (Å²) in [5, 5.41) is 12.0. The molecule has 1 aromatic carbocycles. The van der Waals surface area contributed by atoms with E-state index < -0.39 is 5.54 Å². The van der Waals surface area contributed by atoms with Crippen molar-refractivity contribution in [3.8, 4) is 11.4 Å². The monoisotopic (exact) mass is 273 g/mol. The highest BCUT2D eigenvalue weighted by Crippen LogP contribution is 2.18. The van der Waals surface area contributed by atoms with Crippen LogP contribution in [0.3, 0.4) is 0 Å². The van der Waals surface area contributed by atoms with Gasteiger partial charge in [-0.2, -0.15) is 0 Å². The molecule has 2 rings (SSSR count). The lowest BCUT2D eigenvalue weighted by molar-refractivity contribution is 0.0869. The number of aliphatic hydroxyl groups is 1. The van der Waals surface area contributed by atoms with Gasteiger partial charge in [-0.3, -0.25) is 4.79 Å². The molecule has 0 aliphatic heterocycles. The first-order chi connectivity index (χ1) is 9.43. The average molecular weight is 273 g/mol. The van der Waals surface area contributed by atoms with E-state index in [0.717, 1.165) is 11.4 Å². The highest BCUT2D eigenvalue weighted by molar-refractivity contribution is 5.95. The molecule has 2 N–H and O–H groups in total. The van der Waals surface area contributed by atoms with Crippen LogP contribution in [-0.4, -0.2) is 32.7 Å². The number of carbonyl (C=O) groups is 1. The minimum atomic E-state index is -0.643. The molecule has 0 aliphatic rings. The Morgan fingerprint density at radius 2 is 2.20 bits per heavy atom. The van der Waals surface area contributed by atoms with Crippen LogP contribution in [0.4, 0.5) is 0 Å². The second kappa shape index (κ2) is 5.46. The molecule has 0 spiro atoms. The number of nitrogens with zero attached hydrogens (tertiary/aromatic N) is 2. The third-order valence-corrected chi connectivity index (χ3v) is 3.05. The van der Waals surface area contributed by atoms with Crippen LogP contribution < -0.4 is 5.32 Å². The number of carbonyl (C=O) groups excluding carboxylic acids is 1. The van der Waals surface area contributed by atoms with E-state index >= 15 is 0 Å². The molecule has 0 fully saturated rings. The number of aryl methyl sites for hydroxylation is 1. The van der Waals surface area contributed by atoms with E-state index in [1.807, 2.05) is 29.9 Å². The van der Waals surface area contributed by atoms with E-state index in [9.17, 15) is 9.90 Å². The summed E-state index contributed by atoms with van der Waals surface area (Å²) < 4.78 is 1.90. The Hall–Kier alpha value is -2.14. The number of imidazole rings is 1. The fourth-order valence-electron chi connectivity index (χ4n) is 1.86. The first kappa shape index (κ1) is 14.3. The summed E-state index contributed by atoms with van der Waals surface area (Å²) in [6.07, 6.45) is 3.58. The van der Waals surface area contributed by atoms with E-state index in [1.54, 1.807) is 32.2 Å². The number of aromatic nitrogens is 2. The van der Waals surface area contributed by atoms with E-state index in [0.29, 0.717) is 5.56 Å². The third-order valence-electron chi connectivity index (χ3n) is 3.05. The van der Waals surface area contributed by atoms with Crippen LogP contribution in [0.15, 0.2) is 36.7 Å².